The summed E-state index contributed by atoms with van der Waals surface area (Å²) in [7, 11) is -2.93. The third-order valence-electron chi connectivity index (χ3n) is 3.04. The van der Waals surface area contributed by atoms with Crippen molar-refractivity contribution in [1.82, 2.24) is 0 Å². The quantitative estimate of drug-likeness (QED) is 0.585. The van der Waals surface area contributed by atoms with E-state index in [0.29, 0.717) is 5.92 Å². The van der Waals surface area contributed by atoms with E-state index < -0.39 is 9.84 Å². The minimum Gasteiger partial charge on any atom is -0.229 e. The van der Waals surface area contributed by atoms with Gasteiger partial charge in [0.25, 0.3) is 0 Å². The zero-order chi connectivity index (χ0) is 13.7. The standard InChI is InChI=1S/C12H24Br2O2S/c1-10(2)7-12(8-13,9-14)5-6-17(15,16)11(3)4/h10-11H,5-9H2,1-4H3. The Morgan fingerprint density at radius 3 is 1.82 bits per heavy atom. The first kappa shape index (κ1) is 17.9. The molecule has 0 aromatic heterocycles. The van der Waals surface area contributed by atoms with Gasteiger partial charge in [0.1, 0.15) is 0 Å². The van der Waals surface area contributed by atoms with E-state index in [-0.39, 0.29) is 16.4 Å². The zero-order valence-corrected chi connectivity index (χ0v) is 15.2. The van der Waals surface area contributed by atoms with E-state index in [1.54, 1.807) is 13.8 Å². The summed E-state index contributed by atoms with van der Waals surface area (Å²) in [6, 6.07) is 0. The molecule has 2 nitrogen and oxygen atoms in total. The van der Waals surface area contributed by atoms with Gasteiger partial charge in [-0.2, -0.15) is 0 Å². The van der Waals surface area contributed by atoms with E-state index in [1.165, 1.54) is 0 Å². The third kappa shape index (κ3) is 6.06. The largest absolute Gasteiger partial charge is 0.229 e. The molecule has 0 bridgehead atoms. The van der Waals surface area contributed by atoms with E-state index in [2.05, 4.69) is 45.7 Å². The molecule has 0 rings (SSSR count). The summed E-state index contributed by atoms with van der Waals surface area (Å²) >= 11 is 7.08. The number of rotatable bonds is 8. The van der Waals surface area contributed by atoms with Gasteiger partial charge in [0.05, 0.1) is 11.0 Å². The van der Waals surface area contributed by atoms with Crippen molar-refractivity contribution < 1.29 is 8.42 Å². The van der Waals surface area contributed by atoms with Gasteiger partial charge in [-0.25, -0.2) is 8.42 Å². The van der Waals surface area contributed by atoms with E-state index in [4.69, 9.17) is 0 Å². The molecule has 0 aliphatic rings. The SMILES string of the molecule is CC(C)CC(CBr)(CBr)CCS(=O)(=O)C(C)C. The summed E-state index contributed by atoms with van der Waals surface area (Å²) < 4.78 is 23.7. The monoisotopic (exact) mass is 390 g/mol. The van der Waals surface area contributed by atoms with E-state index in [9.17, 15) is 8.42 Å². The van der Waals surface area contributed by atoms with Crippen LogP contribution < -0.4 is 0 Å². The van der Waals surface area contributed by atoms with Gasteiger partial charge in [-0.3, -0.25) is 0 Å². The highest BCUT2D eigenvalue weighted by atomic mass is 79.9. The van der Waals surface area contributed by atoms with Crippen molar-refractivity contribution >= 4 is 41.7 Å². The first-order valence-electron chi connectivity index (χ1n) is 6.02. The highest BCUT2D eigenvalue weighted by Crippen LogP contribution is 2.35. The normalized spacial score (nSPS) is 13.6. The predicted molar refractivity (Wildman–Crippen MR) is 83.0 cm³/mol. The molecule has 0 amide bonds. The number of hydrogen-bond donors (Lipinski definition) is 0. The molecule has 0 aromatic rings. The minimum absolute atomic E-state index is 0.0517. The first-order valence-corrected chi connectivity index (χ1v) is 9.98. The van der Waals surface area contributed by atoms with Gasteiger partial charge < -0.3 is 0 Å². The second-order valence-electron chi connectivity index (χ2n) is 5.53. The second-order valence-corrected chi connectivity index (χ2v) is 9.33. The van der Waals surface area contributed by atoms with Gasteiger partial charge >= 0.3 is 0 Å². The van der Waals surface area contributed by atoms with Crippen LogP contribution in [0, 0.1) is 11.3 Å². The molecule has 17 heavy (non-hydrogen) atoms. The van der Waals surface area contributed by atoms with Crippen molar-refractivity contribution in [2.75, 3.05) is 16.4 Å². The lowest BCUT2D eigenvalue weighted by Crippen LogP contribution is -2.31. The van der Waals surface area contributed by atoms with Gasteiger partial charge in [-0.1, -0.05) is 45.7 Å². The van der Waals surface area contributed by atoms with Crippen LogP contribution in [0.2, 0.25) is 0 Å². The first-order chi connectivity index (χ1) is 7.69. The van der Waals surface area contributed by atoms with Crippen molar-refractivity contribution in [3.05, 3.63) is 0 Å². The number of alkyl halides is 2. The van der Waals surface area contributed by atoms with Gasteiger partial charge in [-0.15, -0.1) is 0 Å². The van der Waals surface area contributed by atoms with E-state index in [1.807, 2.05) is 0 Å². The molecule has 0 atom stereocenters. The van der Waals surface area contributed by atoms with Gasteiger partial charge in [-0.05, 0) is 38.0 Å². The molecule has 0 heterocycles. The molecule has 0 radical (unpaired) electrons. The average Bonchev–Trinajstić information content (AvgIpc) is 2.23. The van der Waals surface area contributed by atoms with Gasteiger partial charge in [0.15, 0.2) is 9.84 Å². The van der Waals surface area contributed by atoms with Crippen molar-refractivity contribution in [2.45, 2.75) is 45.8 Å². The molecule has 0 saturated heterocycles. The van der Waals surface area contributed by atoms with Gasteiger partial charge in [0.2, 0.25) is 0 Å². The summed E-state index contributed by atoms with van der Waals surface area (Å²) in [4.78, 5) is 0. The van der Waals surface area contributed by atoms with Crippen molar-refractivity contribution in [3.8, 4) is 0 Å². The predicted octanol–water partition coefficient (Wildman–Crippen LogP) is 4.02. The van der Waals surface area contributed by atoms with Crippen LogP contribution >= 0.6 is 31.9 Å². The fourth-order valence-electron chi connectivity index (χ4n) is 1.84. The molecule has 0 aliphatic heterocycles. The summed E-state index contributed by atoms with van der Waals surface area (Å²) in [6.45, 7) is 7.86. The van der Waals surface area contributed by atoms with E-state index in [0.717, 1.165) is 23.5 Å². The third-order valence-corrected chi connectivity index (χ3v) is 7.63. The maximum Gasteiger partial charge on any atom is 0.152 e. The molecule has 0 fully saturated rings. The van der Waals surface area contributed by atoms with Crippen LogP contribution in [-0.2, 0) is 9.84 Å². The maximum absolute atomic E-state index is 11.9. The topological polar surface area (TPSA) is 34.1 Å². The fraction of sp³-hybridized carbons (Fsp3) is 1.00. The van der Waals surface area contributed by atoms with Crippen LogP contribution in [0.4, 0.5) is 0 Å². The zero-order valence-electron chi connectivity index (χ0n) is 11.2. The molecule has 0 unspecified atom stereocenters. The van der Waals surface area contributed by atoms with Crippen molar-refractivity contribution in [2.24, 2.45) is 11.3 Å². The lowest BCUT2D eigenvalue weighted by atomic mass is 9.82. The summed E-state index contributed by atoms with van der Waals surface area (Å²) in [5, 5.41) is 1.42. The van der Waals surface area contributed by atoms with Crippen LogP contribution in [0.15, 0.2) is 0 Å². The van der Waals surface area contributed by atoms with Crippen molar-refractivity contribution in [3.63, 3.8) is 0 Å². The molecular weight excluding hydrogens is 368 g/mol. The number of hydrogen-bond acceptors (Lipinski definition) is 2. The second kappa shape index (κ2) is 7.49. The van der Waals surface area contributed by atoms with Crippen LogP contribution in [0.1, 0.15) is 40.5 Å². The number of sulfone groups is 1. The Morgan fingerprint density at radius 1 is 1.06 bits per heavy atom. The molecule has 0 N–H and O–H groups in total. The summed E-state index contributed by atoms with van der Waals surface area (Å²) in [5.74, 6) is 0.862. The highest BCUT2D eigenvalue weighted by Gasteiger charge is 2.31. The Labute approximate surface area is 123 Å². The van der Waals surface area contributed by atoms with Crippen molar-refractivity contribution in [1.29, 1.82) is 0 Å². The maximum atomic E-state index is 11.9. The van der Waals surface area contributed by atoms with Crippen LogP contribution in [-0.4, -0.2) is 30.1 Å². The minimum atomic E-state index is -2.93. The van der Waals surface area contributed by atoms with Crippen LogP contribution in [0.5, 0.6) is 0 Å². The summed E-state index contributed by atoms with van der Waals surface area (Å²) in [5.41, 5.74) is 0.0517. The van der Waals surface area contributed by atoms with Gasteiger partial charge in [0, 0.05) is 10.7 Å². The molecule has 0 aliphatic carbocycles. The lowest BCUT2D eigenvalue weighted by molar-refractivity contribution is 0.296. The molecule has 5 heteroatoms. The summed E-state index contributed by atoms with van der Waals surface area (Å²) in [6.07, 6.45) is 1.76. The highest BCUT2D eigenvalue weighted by molar-refractivity contribution is 9.09. The Morgan fingerprint density at radius 2 is 1.53 bits per heavy atom. The Hall–Kier alpha value is 0.910. The Balaban J connectivity index is 4.68. The van der Waals surface area contributed by atoms with E-state index >= 15 is 0 Å². The molecule has 0 spiro atoms. The van der Waals surface area contributed by atoms with Crippen LogP contribution in [0.3, 0.4) is 0 Å². The smallest absolute Gasteiger partial charge is 0.152 e. The van der Waals surface area contributed by atoms with Crippen LogP contribution in [0.25, 0.3) is 0 Å². The molecular formula is C12H24Br2O2S. The molecule has 0 aromatic carbocycles. The fourth-order valence-corrected chi connectivity index (χ4v) is 4.98. The Bertz CT molecular complexity index is 306. The molecule has 104 valence electrons. The average molecular weight is 392 g/mol. The number of halogens is 2. The Kier molecular flexibility index (Phi) is 7.89. The molecule has 0 saturated carbocycles. The lowest BCUT2D eigenvalue weighted by Gasteiger charge is -2.32.